The van der Waals surface area contributed by atoms with Crippen LogP contribution in [0.2, 0.25) is 0 Å². The number of benzene rings is 1. The van der Waals surface area contributed by atoms with Crippen LogP contribution in [0.4, 0.5) is 0 Å². The summed E-state index contributed by atoms with van der Waals surface area (Å²) in [7, 11) is 0. The smallest absolute Gasteiger partial charge is 0.339 e. The van der Waals surface area contributed by atoms with Crippen molar-refractivity contribution < 1.29 is 18.7 Å². The van der Waals surface area contributed by atoms with Gasteiger partial charge in [-0.05, 0) is 45.0 Å². The van der Waals surface area contributed by atoms with E-state index in [1.165, 1.54) is 6.26 Å². The maximum atomic E-state index is 12.4. The summed E-state index contributed by atoms with van der Waals surface area (Å²) in [6, 6.07) is 11.8. The second kappa shape index (κ2) is 6.47. The van der Waals surface area contributed by atoms with Gasteiger partial charge < -0.3 is 14.5 Å². The van der Waals surface area contributed by atoms with Gasteiger partial charge >= 0.3 is 5.97 Å². The van der Waals surface area contributed by atoms with Crippen LogP contribution < -0.4 is 5.32 Å². The van der Waals surface area contributed by atoms with Gasteiger partial charge in [-0.15, -0.1) is 0 Å². The first kappa shape index (κ1) is 15.8. The minimum absolute atomic E-state index is 0.283. The predicted octanol–water partition coefficient (Wildman–Crippen LogP) is 3.09. The Morgan fingerprint density at radius 1 is 1.09 bits per heavy atom. The van der Waals surface area contributed by atoms with Crippen LogP contribution in [0, 0.1) is 0 Å². The molecule has 1 aromatic carbocycles. The topological polar surface area (TPSA) is 68.5 Å². The van der Waals surface area contributed by atoms with Crippen LogP contribution >= 0.6 is 0 Å². The highest BCUT2D eigenvalue weighted by atomic mass is 16.6. The fraction of sp³-hybridized carbons (Fsp3) is 0.294. The number of hydrogen-bond acceptors (Lipinski definition) is 4. The minimum Gasteiger partial charge on any atom is -0.465 e. The number of hydrogen-bond donors (Lipinski definition) is 1. The highest BCUT2D eigenvalue weighted by Gasteiger charge is 2.30. The Kier molecular flexibility index (Phi) is 4.65. The number of carbonyl (C=O) groups excluding carboxylic acids is 2. The molecule has 116 valence electrons. The number of furan rings is 1. The second-order valence-electron chi connectivity index (χ2n) is 5.91. The SMILES string of the molecule is CC(C)(C)NC(=O)C(OC(=O)c1ccccc1)c1ccco1. The van der Waals surface area contributed by atoms with Crippen LogP contribution in [-0.2, 0) is 9.53 Å². The Morgan fingerprint density at radius 3 is 2.32 bits per heavy atom. The molecule has 1 unspecified atom stereocenters. The van der Waals surface area contributed by atoms with Crippen molar-refractivity contribution >= 4 is 11.9 Å². The molecule has 0 spiro atoms. The fourth-order valence-corrected chi connectivity index (χ4v) is 1.87. The first-order chi connectivity index (χ1) is 10.4. The molecule has 0 saturated carbocycles. The summed E-state index contributed by atoms with van der Waals surface area (Å²) in [5, 5.41) is 2.79. The summed E-state index contributed by atoms with van der Waals surface area (Å²) in [6.07, 6.45) is 0.310. The molecule has 22 heavy (non-hydrogen) atoms. The number of ether oxygens (including phenoxy) is 1. The molecule has 1 N–H and O–H groups in total. The van der Waals surface area contributed by atoms with Gasteiger partial charge in [0.25, 0.3) is 5.91 Å². The summed E-state index contributed by atoms with van der Waals surface area (Å²) in [6.45, 7) is 5.55. The lowest BCUT2D eigenvalue weighted by Crippen LogP contribution is -2.44. The van der Waals surface area contributed by atoms with E-state index in [0.29, 0.717) is 5.56 Å². The average Bonchev–Trinajstić information content (AvgIpc) is 2.97. The molecule has 0 radical (unpaired) electrons. The van der Waals surface area contributed by atoms with E-state index in [0.717, 1.165) is 0 Å². The molecule has 1 heterocycles. The highest BCUT2D eigenvalue weighted by Crippen LogP contribution is 2.21. The largest absolute Gasteiger partial charge is 0.465 e. The second-order valence-corrected chi connectivity index (χ2v) is 5.91. The first-order valence-electron chi connectivity index (χ1n) is 6.98. The van der Waals surface area contributed by atoms with E-state index in [-0.39, 0.29) is 5.76 Å². The van der Waals surface area contributed by atoms with E-state index in [1.54, 1.807) is 42.5 Å². The summed E-state index contributed by atoms with van der Waals surface area (Å²) in [4.78, 5) is 24.6. The standard InChI is InChI=1S/C17H19NO4/c1-17(2,3)18-15(19)14(13-10-7-11-21-13)22-16(20)12-8-5-4-6-9-12/h4-11,14H,1-3H3,(H,18,19). The van der Waals surface area contributed by atoms with E-state index in [4.69, 9.17) is 9.15 Å². The first-order valence-corrected chi connectivity index (χ1v) is 6.98. The predicted molar refractivity (Wildman–Crippen MR) is 81.2 cm³/mol. The van der Waals surface area contributed by atoms with E-state index in [2.05, 4.69) is 5.32 Å². The minimum atomic E-state index is -1.12. The summed E-state index contributed by atoms with van der Waals surface area (Å²) < 4.78 is 10.6. The van der Waals surface area contributed by atoms with Gasteiger partial charge in [0.1, 0.15) is 0 Å². The molecule has 5 heteroatoms. The third-order valence-electron chi connectivity index (χ3n) is 2.77. The molecular weight excluding hydrogens is 282 g/mol. The van der Waals surface area contributed by atoms with Crippen molar-refractivity contribution in [2.45, 2.75) is 32.4 Å². The van der Waals surface area contributed by atoms with Crippen LogP contribution in [0.3, 0.4) is 0 Å². The van der Waals surface area contributed by atoms with Crippen molar-refractivity contribution in [1.29, 1.82) is 0 Å². The fourth-order valence-electron chi connectivity index (χ4n) is 1.87. The molecule has 2 rings (SSSR count). The van der Waals surface area contributed by atoms with Crippen LogP contribution in [0.1, 0.15) is 43.0 Å². The Balaban J connectivity index is 2.19. The molecule has 0 aliphatic heterocycles. The number of amides is 1. The van der Waals surface area contributed by atoms with Gasteiger partial charge in [-0.2, -0.15) is 0 Å². The number of rotatable bonds is 4. The van der Waals surface area contributed by atoms with Crippen molar-refractivity contribution in [3.05, 3.63) is 60.1 Å². The monoisotopic (exact) mass is 301 g/mol. The van der Waals surface area contributed by atoms with E-state index in [9.17, 15) is 9.59 Å². The van der Waals surface area contributed by atoms with E-state index < -0.39 is 23.5 Å². The van der Waals surface area contributed by atoms with Gasteiger partial charge in [0.2, 0.25) is 6.10 Å². The lowest BCUT2D eigenvalue weighted by Gasteiger charge is -2.24. The van der Waals surface area contributed by atoms with Gasteiger partial charge in [-0.25, -0.2) is 4.79 Å². The Bertz CT molecular complexity index is 626. The molecule has 0 aliphatic rings. The van der Waals surface area contributed by atoms with Crippen molar-refractivity contribution in [2.24, 2.45) is 0 Å². The van der Waals surface area contributed by atoms with Crippen molar-refractivity contribution in [1.82, 2.24) is 5.32 Å². The number of carbonyl (C=O) groups is 2. The maximum Gasteiger partial charge on any atom is 0.339 e. The van der Waals surface area contributed by atoms with E-state index >= 15 is 0 Å². The van der Waals surface area contributed by atoms with Crippen LogP contribution in [0.25, 0.3) is 0 Å². The number of nitrogens with one attached hydrogen (secondary N) is 1. The van der Waals surface area contributed by atoms with E-state index in [1.807, 2.05) is 20.8 Å². The molecule has 0 saturated heterocycles. The number of esters is 1. The molecule has 2 aromatic rings. The summed E-state index contributed by atoms with van der Waals surface area (Å²) in [5.74, 6) is -0.719. The zero-order chi connectivity index (χ0) is 16.2. The lowest BCUT2D eigenvalue weighted by molar-refractivity contribution is -0.132. The zero-order valence-electron chi connectivity index (χ0n) is 12.8. The highest BCUT2D eigenvalue weighted by molar-refractivity contribution is 5.92. The summed E-state index contributed by atoms with van der Waals surface area (Å²) >= 11 is 0. The van der Waals surface area contributed by atoms with Crippen LogP contribution in [0.15, 0.2) is 53.1 Å². The van der Waals surface area contributed by atoms with Crippen molar-refractivity contribution in [3.8, 4) is 0 Å². The van der Waals surface area contributed by atoms with Gasteiger partial charge in [-0.1, -0.05) is 18.2 Å². The molecule has 0 aliphatic carbocycles. The molecule has 1 amide bonds. The van der Waals surface area contributed by atoms with Gasteiger partial charge in [0.05, 0.1) is 11.8 Å². The summed E-state index contributed by atoms with van der Waals surface area (Å²) in [5.41, 5.74) is -0.0660. The quantitative estimate of drug-likeness (QED) is 0.881. The van der Waals surface area contributed by atoms with Gasteiger partial charge in [0, 0.05) is 5.54 Å². The molecule has 1 atom stereocenters. The average molecular weight is 301 g/mol. The van der Waals surface area contributed by atoms with Crippen molar-refractivity contribution in [3.63, 3.8) is 0 Å². The van der Waals surface area contributed by atoms with Gasteiger partial charge in [-0.3, -0.25) is 4.79 Å². The third-order valence-corrected chi connectivity index (χ3v) is 2.77. The molecule has 1 aromatic heterocycles. The van der Waals surface area contributed by atoms with Crippen LogP contribution in [0.5, 0.6) is 0 Å². The Labute approximate surface area is 129 Å². The maximum absolute atomic E-state index is 12.4. The Morgan fingerprint density at radius 2 is 1.77 bits per heavy atom. The molecule has 0 bridgehead atoms. The molecule has 0 fully saturated rings. The lowest BCUT2D eigenvalue weighted by atomic mass is 10.1. The molecule has 5 nitrogen and oxygen atoms in total. The Hall–Kier alpha value is -2.56. The van der Waals surface area contributed by atoms with Crippen molar-refractivity contribution in [2.75, 3.05) is 0 Å². The normalized spacial score (nSPS) is 12.5. The van der Waals surface area contributed by atoms with Gasteiger partial charge in [0.15, 0.2) is 5.76 Å². The third kappa shape index (κ3) is 4.22. The zero-order valence-corrected chi connectivity index (χ0v) is 12.8. The van der Waals surface area contributed by atoms with Crippen LogP contribution in [-0.4, -0.2) is 17.4 Å². The molecular formula is C17H19NO4.